The van der Waals surface area contributed by atoms with Crippen LogP contribution < -0.4 is 0 Å². The second-order valence-corrected chi connectivity index (χ2v) is 5.27. The van der Waals surface area contributed by atoms with E-state index in [2.05, 4.69) is 30.7 Å². The molecule has 0 aliphatic rings. The fourth-order valence-electron chi connectivity index (χ4n) is 1.79. The summed E-state index contributed by atoms with van der Waals surface area (Å²) in [6, 6.07) is 9.99. The van der Waals surface area contributed by atoms with Crippen LogP contribution in [-0.2, 0) is 5.41 Å². The Balaban J connectivity index is 2.32. The summed E-state index contributed by atoms with van der Waals surface area (Å²) in [5.41, 5.74) is 2.31. The maximum absolute atomic E-state index is 5.77. The molecule has 3 rings (SSSR count). The zero-order chi connectivity index (χ0) is 12.0. The van der Waals surface area contributed by atoms with Crippen molar-refractivity contribution in [3.63, 3.8) is 0 Å². The molecule has 3 aromatic rings. The topological polar surface area (TPSA) is 38.9 Å². The van der Waals surface area contributed by atoms with Crippen LogP contribution in [0.2, 0.25) is 0 Å². The molecule has 0 atom stereocenters. The van der Waals surface area contributed by atoms with E-state index in [9.17, 15) is 0 Å². The normalized spacial score (nSPS) is 12.4. The Kier molecular flexibility index (Phi) is 1.99. The molecule has 3 heteroatoms. The van der Waals surface area contributed by atoms with Gasteiger partial charge in [-0.3, -0.25) is 0 Å². The lowest BCUT2D eigenvalue weighted by molar-refractivity contribution is 0.411. The third-order valence-corrected chi connectivity index (χ3v) is 2.73. The predicted octanol–water partition coefficient (Wildman–Crippen LogP) is 3.67. The molecule has 0 fully saturated rings. The van der Waals surface area contributed by atoms with Crippen molar-refractivity contribution in [1.82, 2.24) is 9.97 Å². The molecule has 0 N–H and O–H groups in total. The molecule has 17 heavy (non-hydrogen) atoms. The van der Waals surface area contributed by atoms with Crippen molar-refractivity contribution < 1.29 is 4.42 Å². The Bertz CT molecular complexity index is 640. The van der Waals surface area contributed by atoms with Gasteiger partial charge in [-0.05, 0) is 12.1 Å². The van der Waals surface area contributed by atoms with Crippen LogP contribution in [0.5, 0.6) is 0 Å². The Hall–Kier alpha value is -1.90. The molecular weight excluding hydrogens is 212 g/mol. The summed E-state index contributed by atoms with van der Waals surface area (Å²) in [5.74, 6) is 0.732. The zero-order valence-electron chi connectivity index (χ0n) is 10.2. The number of aromatic nitrogens is 2. The van der Waals surface area contributed by atoms with Crippen molar-refractivity contribution in [3.8, 4) is 0 Å². The largest absolute Gasteiger partial charge is 0.438 e. The third-order valence-electron chi connectivity index (χ3n) is 2.73. The lowest BCUT2D eigenvalue weighted by atomic mass is 9.97. The maximum Gasteiger partial charge on any atom is 0.202 e. The minimum absolute atomic E-state index is 0.0904. The first-order chi connectivity index (χ1) is 8.04. The van der Waals surface area contributed by atoms with Crippen molar-refractivity contribution in [2.75, 3.05) is 0 Å². The SMILES string of the molecule is CC(C)(C)c1nc2nc3ccccc3cc2o1. The molecule has 0 bridgehead atoms. The number of hydrogen-bond acceptors (Lipinski definition) is 3. The van der Waals surface area contributed by atoms with Gasteiger partial charge >= 0.3 is 0 Å². The van der Waals surface area contributed by atoms with Gasteiger partial charge < -0.3 is 4.42 Å². The highest BCUT2D eigenvalue weighted by molar-refractivity contribution is 5.88. The monoisotopic (exact) mass is 226 g/mol. The number of nitrogens with zero attached hydrogens (tertiary/aromatic N) is 2. The smallest absolute Gasteiger partial charge is 0.202 e. The number of fused-ring (bicyclic) bond motifs is 2. The summed E-state index contributed by atoms with van der Waals surface area (Å²) in [5, 5.41) is 1.08. The van der Waals surface area contributed by atoms with Gasteiger partial charge in [0.2, 0.25) is 5.89 Å². The number of benzene rings is 1. The average molecular weight is 226 g/mol. The standard InChI is InChI=1S/C14H14N2O/c1-14(2,3)13-16-12-11(17-13)8-9-6-4-5-7-10(9)15-12/h4-8H,1-3H3. The molecule has 0 amide bonds. The third kappa shape index (κ3) is 1.68. The quantitative estimate of drug-likeness (QED) is 0.587. The van der Waals surface area contributed by atoms with Crippen LogP contribution in [0.25, 0.3) is 22.1 Å². The van der Waals surface area contributed by atoms with Crippen LogP contribution in [0.15, 0.2) is 34.7 Å². The summed E-state index contributed by atoms with van der Waals surface area (Å²) < 4.78 is 5.77. The molecule has 0 aliphatic carbocycles. The highest BCUT2D eigenvalue weighted by Gasteiger charge is 2.21. The number of rotatable bonds is 0. The summed E-state index contributed by atoms with van der Waals surface area (Å²) in [6.07, 6.45) is 0. The highest BCUT2D eigenvalue weighted by atomic mass is 16.3. The predicted molar refractivity (Wildman–Crippen MR) is 68.0 cm³/mol. The van der Waals surface area contributed by atoms with Crippen LogP contribution in [0.1, 0.15) is 26.7 Å². The minimum Gasteiger partial charge on any atom is -0.438 e. The Morgan fingerprint density at radius 3 is 2.59 bits per heavy atom. The minimum atomic E-state index is -0.0904. The van der Waals surface area contributed by atoms with E-state index in [0.717, 1.165) is 22.4 Å². The molecule has 0 spiro atoms. The summed E-state index contributed by atoms with van der Waals surface area (Å²) in [6.45, 7) is 6.24. The van der Waals surface area contributed by atoms with Crippen LogP contribution in [0.3, 0.4) is 0 Å². The van der Waals surface area contributed by atoms with E-state index in [0.29, 0.717) is 5.65 Å². The van der Waals surface area contributed by atoms with E-state index in [4.69, 9.17) is 4.42 Å². The lowest BCUT2D eigenvalue weighted by Crippen LogP contribution is -2.11. The molecule has 0 aliphatic heterocycles. The fourth-order valence-corrected chi connectivity index (χ4v) is 1.79. The number of pyridine rings is 1. The van der Waals surface area contributed by atoms with Gasteiger partial charge in [0.1, 0.15) is 0 Å². The van der Waals surface area contributed by atoms with Gasteiger partial charge in [-0.15, -0.1) is 0 Å². The molecule has 0 saturated heterocycles. The zero-order valence-corrected chi connectivity index (χ0v) is 10.2. The average Bonchev–Trinajstić information content (AvgIpc) is 2.68. The van der Waals surface area contributed by atoms with E-state index in [1.807, 2.05) is 30.3 Å². The van der Waals surface area contributed by atoms with Crippen molar-refractivity contribution >= 4 is 22.1 Å². The van der Waals surface area contributed by atoms with E-state index in [1.165, 1.54) is 0 Å². The maximum atomic E-state index is 5.77. The molecule has 3 nitrogen and oxygen atoms in total. The van der Waals surface area contributed by atoms with E-state index in [1.54, 1.807) is 0 Å². The van der Waals surface area contributed by atoms with Crippen LogP contribution in [0.4, 0.5) is 0 Å². The first-order valence-corrected chi connectivity index (χ1v) is 5.71. The van der Waals surface area contributed by atoms with Gasteiger partial charge in [0.15, 0.2) is 11.2 Å². The molecule has 0 radical (unpaired) electrons. The lowest BCUT2D eigenvalue weighted by Gasteiger charge is -2.11. The molecule has 2 heterocycles. The van der Waals surface area contributed by atoms with E-state index in [-0.39, 0.29) is 5.41 Å². The van der Waals surface area contributed by atoms with Gasteiger partial charge in [-0.25, -0.2) is 4.98 Å². The highest BCUT2D eigenvalue weighted by Crippen LogP contribution is 2.26. The van der Waals surface area contributed by atoms with Crippen molar-refractivity contribution in [2.45, 2.75) is 26.2 Å². The summed E-state index contributed by atoms with van der Waals surface area (Å²) >= 11 is 0. The second-order valence-electron chi connectivity index (χ2n) is 5.27. The Labute approximate surface area is 99.5 Å². The first-order valence-electron chi connectivity index (χ1n) is 5.71. The van der Waals surface area contributed by atoms with Crippen LogP contribution >= 0.6 is 0 Å². The van der Waals surface area contributed by atoms with Gasteiger partial charge in [-0.1, -0.05) is 39.0 Å². The van der Waals surface area contributed by atoms with Crippen molar-refractivity contribution in [2.24, 2.45) is 0 Å². The van der Waals surface area contributed by atoms with Crippen LogP contribution in [-0.4, -0.2) is 9.97 Å². The van der Waals surface area contributed by atoms with E-state index < -0.39 is 0 Å². The van der Waals surface area contributed by atoms with E-state index >= 15 is 0 Å². The summed E-state index contributed by atoms with van der Waals surface area (Å²) in [4.78, 5) is 8.96. The first kappa shape index (κ1) is 10.3. The molecular formula is C14H14N2O. The van der Waals surface area contributed by atoms with Gasteiger partial charge in [-0.2, -0.15) is 4.98 Å². The molecule has 2 aromatic heterocycles. The van der Waals surface area contributed by atoms with Gasteiger partial charge in [0.05, 0.1) is 5.52 Å². The van der Waals surface area contributed by atoms with Gasteiger partial charge in [0.25, 0.3) is 0 Å². The van der Waals surface area contributed by atoms with Crippen molar-refractivity contribution in [1.29, 1.82) is 0 Å². The summed E-state index contributed by atoms with van der Waals surface area (Å²) in [7, 11) is 0. The second kappa shape index (κ2) is 3.29. The Morgan fingerprint density at radius 1 is 1.06 bits per heavy atom. The number of para-hydroxylation sites is 1. The molecule has 1 aromatic carbocycles. The van der Waals surface area contributed by atoms with Crippen LogP contribution in [0, 0.1) is 0 Å². The molecule has 86 valence electrons. The fraction of sp³-hybridized carbons (Fsp3) is 0.286. The van der Waals surface area contributed by atoms with Gasteiger partial charge in [0, 0.05) is 10.8 Å². The van der Waals surface area contributed by atoms with Crippen molar-refractivity contribution in [3.05, 3.63) is 36.2 Å². The molecule has 0 unspecified atom stereocenters. The molecule has 0 saturated carbocycles. The number of oxazole rings is 1. The Morgan fingerprint density at radius 2 is 1.82 bits per heavy atom. The number of hydrogen-bond donors (Lipinski definition) is 0.